The second-order valence-electron chi connectivity index (χ2n) is 3.63. The highest BCUT2D eigenvalue weighted by molar-refractivity contribution is 5.06. The first-order valence-electron chi connectivity index (χ1n) is 5.04. The fourth-order valence-corrected chi connectivity index (χ4v) is 1.54. The van der Waals surface area contributed by atoms with E-state index < -0.39 is 4.92 Å². The number of ether oxygens (including phenoxy) is 1. The average Bonchev–Trinajstić information content (AvgIpc) is 2.90. The van der Waals surface area contributed by atoms with Crippen LogP contribution in [0.25, 0.3) is 0 Å². The molecule has 0 aliphatic carbocycles. The van der Waals surface area contributed by atoms with Gasteiger partial charge in [-0.2, -0.15) is 0 Å². The second kappa shape index (κ2) is 4.39. The van der Waals surface area contributed by atoms with Gasteiger partial charge in [0, 0.05) is 0 Å². The topological polar surface area (TPSA) is 73.5 Å². The molecule has 2 heterocycles. The number of aryl methyl sites for hydroxylation is 1. The standard InChI is InChI=1S/C9H13N3O3/c13-12(14)9-10-4-6-11(9)5-2-1-3-8-7-15-8/h4,6,8H,1-3,5,7H2. The highest BCUT2D eigenvalue weighted by atomic mass is 16.6. The molecule has 1 aromatic heterocycles. The number of hydrogen-bond acceptors (Lipinski definition) is 4. The molecular formula is C9H13N3O3. The van der Waals surface area contributed by atoms with Crippen molar-refractivity contribution in [3.63, 3.8) is 0 Å². The Kier molecular flexibility index (Phi) is 2.96. The molecule has 1 aliphatic rings. The first-order chi connectivity index (χ1) is 7.27. The molecule has 1 aromatic rings. The zero-order valence-corrected chi connectivity index (χ0v) is 8.33. The first-order valence-corrected chi connectivity index (χ1v) is 5.04. The molecule has 0 saturated carbocycles. The molecule has 1 saturated heterocycles. The molecule has 6 heteroatoms. The van der Waals surface area contributed by atoms with Crippen molar-refractivity contribution in [1.82, 2.24) is 9.55 Å². The van der Waals surface area contributed by atoms with Gasteiger partial charge >= 0.3 is 5.95 Å². The van der Waals surface area contributed by atoms with Crippen LogP contribution in [0.15, 0.2) is 12.4 Å². The summed E-state index contributed by atoms with van der Waals surface area (Å²) >= 11 is 0. The molecule has 0 radical (unpaired) electrons. The van der Waals surface area contributed by atoms with E-state index in [1.165, 1.54) is 6.20 Å². The van der Waals surface area contributed by atoms with Crippen molar-refractivity contribution in [1.29, 1.82) is 0 Å². The molecular weight excluding hydrogens is 198 g/mol. The van der Waals surface area contributed by atoms with Gasteiger partial charge in [0.2, 0.25) is 0 Å². The van der Waals surface area contributed by atoms with E-state index >= 15 is 0 Å². The zero-order valence-electron chi connectivity index (χ0n) is 8.33. The van der Waals surface area contributed by atoms with Crippen LogP contribution < -0.4 is 0 Å². The Morgan fingerprint density at radius 3 is 3.13 bits per heavy atom. The predicted molar refractivity (Wildman–Crippen MR) is 52.5 cm³/mol. The predicted octanol–water partition coefficient (Wildman–Crippen LogP) is 1.36. The summed E-state index contributed by atoms with van der Waals surface area (Å²) in [6.45, 7) is 1.54. The van der Waals surface area contributed by atoms with E-state index in [9.17, 15) is 10.1 Å². The second-order valence-corrected chi connectivity index (χ2v) is 3.63. The number of nitrogens with zero attached hydrogens (tertiary/aromatic N) is 3. The monoisotopic (exact) mass is 211 g/mol. The summed E-state index contributed by atoms with van der Waals surface area (Å²) < 4.78 is 6.66. The van der Waals surface area contributed by atoms with E-state index in [-0.39, 0.29) is 5.95 Å². The van der Waals surface area contributed by atoms with Crippen molar-refractivity contribution in [2.75, 3.05) is 6.61 Å². The SMILES string of the molecule is O=[N+]([O-])c1nccn1CCCCC1CO1. The van der Waals surface area contributed by atoms with Gasteiger partial charge < -0.3 is 14.9 Å². The molecule has 0 spiro atoms. The Balaban J connectivity index is 1.76. The maximum absolute atomic E-state index is 10.5. The third-order valence-corrected chi connectivity index (χ3v) is 2.43. The van der Waals surface area contributed by atoms with Crippen LogP contribution in [-0.4, -0.2) is 27.2 Å². The van der Waals surface area contributed by atoms with E-state index in [1.54, 1.807) is 10.8 Å². The summed E-state index contributed by atoms with van der Waals surface area (Å²) in [7, 11) is 0. The molecule has 0 aromatic carbocycles. The lowest BCUT2D eigenvalue weighted by Gasteiger charge is -2.00. The molecule has 6 nitrogen and oxygen atoms in total. The zero-order chi connectivity index (χ0) is 10.7. The summed E-state index contributed by atoms with van der Waals surface area (Å²) in [5.41, 5.74) is 0. The van der Waals surface area contributed by atoms with Crippen molar-refractivity contribution in [2.24, 2.45) is 0 Å². The molecule has 1 unspecified atom stereocenters. The molecule has 82 valence electrons. The van der Waals surface area contributed by atoms with Gasteiger partial charge in [0.05, 0.1) is 19.3 Å². The van der Waals surface area contributed by atoms with Crippen molar-refractivity contribution < 1.29 is 9.66 Å². The quantitative estimate of drug-likeness (QED) is 0.308. The number of imidazole rings is 1. The molecule has 1 fully saturated rings. The van der Waals surface area contributed by atoms with Gasteiger partial charge in [0.1, 0.15) is 12.4 Å². The van der Waals surface area contributed by atoms with E-state index in [1.807, 2.05) is 0 Å². The minimum atomic E-state index is -0.454. The van der Waals surface area contributed by atoms with Crippen molar-refractivity contribution in [3.8, 4) is 0 Å². The first kappa shape index (κ1) is 10.1. The number of unbranched alkanes of at least 4 members (excludes halogenated alkanes) is 1. The van der Waals surface area contributed by atoms with Gasteiger partial charge in [-0.05, 0) is 24.2 Å². The van der Waals surface area contributed by atoms with Crippen molar-refractivity contribution in [3.05, 3.63) is 22.5 Å². The molecule has 1 atom stereocenters. The summed E-state index contributed by atoms with van der Waals surface area (Å²) in [5, 5.41) is 10.5. The highest BCUT2D eigenvalue weighted by Gasteiger charge is 2.21. The number of aromatic nitrogens is 2. The lowest BCUT2D eigenvalue weighted by atomic mass is 10.2. The number of nitro groups is 1. The molecule has 0 amide bonds. The Hall–Kier alpha value is -1.43. The fourth-order valence-electron chi connectivity index (χ4n) is 1.54. The smallest absolute Gasteiger partial charge is 0.390 e. The van der Waals surface area contributed by atoms with Gasteiger partial charge in [-0.25, -0.2) is 4.57 Å². The highest BCUT2D eigenvalue weighted by Crippen LogP contribution is 2.17. The summed E-state index contributed by atoms with van der Waals surface area (Å²) in [6.07, 6.45) is 6.58. The van der Waals surface area contributed by atoms with E-state index in [4.69, 9.17) is 4.74 Å². The minimum absolute atomic E-state index is 0.0716. The van der Waals surface area contributed by atoms with Gasteiger partial charge in [-0.3, -0.25) is 0 Å². The average molecular weight is 211 g/mol. The van der Waals surface area contributed by atoms with Crippen LogP contribution in [0, 0.1) is 10.1 Å². The Labute approximate surface area is 87.0 Å². The number of epoxide rings is 1. The van der Waals surface area contributed by atoms with Gasteiger partial charge in [-0.1, -0.05) is 4.98 Å². The molecule has 0 N–H and O–H groups in total. The van der Waals surface area contributed by atoms with Crippen LogP contribution in [0.4, 0.5) is 5.95 Å². The van der Waals surface area contributed by atoms with Crippen LogP contribution in [0.3, 0.4) is 0 Å². The maximum atomic E-state index is 10.5. The third kappa shape index (κ3) is 2.76. The molecule has 15 heavy (non-hydrogen) atoms. The summed E-state index contributed by atoms with van der Waals surface area (Å²) in [6, 6.07) is 0. The number of hydrogen-bond donors (Lipinski definition) is 0. The molecule has 2 rings (SSSR count). The van der Waals surface area contributed by atoms with Gasteiger partial charge in [-0.15, -0.1) is 0 Å². The Bertz CT molecular complexity index is 346. The van der Waals surface area contributed by atoms with E-state index in [0.717, 1.165) is 25.9 Å². The Morgan fingerprint density at radius 1 is 1.67 bits per heavy atom. The van der Waals surface area contributed by atoms with Gasteiger partial charge in [0.25, 0.3) is 0 Å². The maximum Gasteiger partial charge on any atom is 0.434 e. The van der Waals surface area contributed by atoms with Crippen LogP contribution in [0.2, 0.25) is 0 Å². The van der Waals surface area contributed by atoms with Crippen molar-refractivity contribution >= 4 is 5.95 Å². The van der Waals surface area contributed by atoms with Crippen LogP contribution in [-0.2, 0) is 11.3 Å². The normalized spacial score (nSPS) is 19.1. The lowest BCUT2D eigenvalue weighted by Crippen LogP contribution is -2.03. The van der Waals surface area contributed by atoms with E-state index in [2.05, 4.69) is 4.98 Å². The fraction of sp³-hybridized carbons (Fsp3) is 0.667. The number of rotatable bonds is 6. The molecule has 1 aliphatic heterocycles. The van der Waals surface area contributed by atoms with Crippen LogP contribution >= 0.6 is 0 Å². The largest absolute Gasteiger partial charge is 0.434 e. The summed E-state index contributed by atoms with van der Waals surface area (Å²) in [4.78, 5) is 13.8. The van der Waals surface area contributed by atoms with Gasteiger partial charge in [0.15, 0.2) is 0 Å². The third-order valence-electron chi connectivity index (χ3n) is 2.43. The van der Waals surface area contributed by atoms with Crippen molar-refractivity contribution in [2.45, 2.75) is 31.9 Å². The van der Waals surface area contributed by atoms with E-state index in [0.29, 0.717) is 12.6 Å². The lowest BCUT2D eigenvalue weighted by molar-refractivity contribution is -0.396. The van der Waals surface area contributed by atoms with Crippen LogP contribution in [0.1, 0.15) is 19.3 Å². The Morgan fingerprint density at radius 2 is 2.47 bits per heavy atom. The summed E-state index contributed by atoms with van der Waals surface area (Å²) in [5.74, 6) is -0.0716. The molecule has 0 bridgehead atoms. The van der Waals surface area contributed by atoms with Crippen LogP contribution in [0.5, 0.6) is 0 Å². The minimum Gasteiger partial charge on any atom is -0.390 e.